The summed E-state index contributed by atoms with van der Waals surface area (Å²) in [5, 5.41) is 41.8. The lowest BCUT2D eigenvalue weighted by Gasteiger charge is -2.67. The van der Waals surface area contributed by atoms with Crippen molar-refractivity contribution in [3.63, 3.8) is 0 Å². The molecule has 342 valence electrons. The van der Waals surface area contributed by atoms with E-state index < -0.39 is 113 Å². The number of hydrogen-bond donors (Lipinski definition) is 4. The third kappa shape index (κ3) is 8.04. The SMILES string of the molecule is COc1ccc(OC)c(C(=O)O[C@H]2[C@@H]3[C@]4(OC(C)=O)CO[C@@H]4C[C@H](O)[C@@]3(C)C(=O)[C@H](OC(C)=O)C3=C(C)[C@@H](OC(=O)[C@H](O)[C@H](C=C(C)C)NC(=O)c4cccs4)C[C@]2(O)C3(C)C)c1. The van der Waals surface area contributed by atoms with Gasteiger partial charge in [0, 0.05) is 32.1 Å². The Morgan fingerprint density at radius 1 is 0.984 bits per heavy atom. The summed E-state index contributed by atoms with van der Waals surface area (Å²) in [6.45, 7) is 11.2. The van der Waals surface area contributed by atoms with Crippen LogP contribution in [-0.2, 0) is 42.9 Å². The molecule has 18 heteroatoms. The molecule has 2 aromatic rings. The van der Waals surface area contributed by atoms with Crippen molar-refractivity contribution in [2.24, 2.45) is 16.7 Å². The first-order chi connectivity index (χ1) is 29.5. The van der Waals surface area contributed by atoms with Crippen molar-refractivity contribution in [1.82, 2.24) is 5.32 Å². The van der Waals surface area contributed by atoms with Gasteiger partial charge in [-0.25, -0.2) is 9.59 Å². The fourth-order valence-electron chi connectivity index (χ4n) is 9.97. The van der Waals surface area contributed by atoms with Crippen LogP contribution >= 0.6 is 11.3 Å². The van der Waals surface area contributed by atoms with Crippen molar-refractivity contribution >= 4 is 46.9 Å². The zero-order chi connectivity index (χ0) is 46.6. The quantitative estimate of drug-likeness (QED) is 0.136. The number of allylic oxidation sites excluding steroid dienone is 1. The maximum atomic E-state index is 15.6. The van der Waals surface area contributed by atoms with Gasteiger partial charge in [0.1, 0.15) is 41.0 Å². The highest BCUT2D eigenvalue weighted by Crippen LogP contribution is 2.64. The second-order valence-corrected chi connectivity index (χ2v) is 18.5. The molecule has 17 nitrogen and oxygen atoms in total. The summed E-state index contributed by atoms with van der Waals surface area (Å²) < 4.78 is 41.2. The smallest absolute Gasteiger partial charge is 0.342 e. The zero-order valence-corrected chi connectivity index (χ0v) is 37.7. The van der Waals surface area contributed by atoms with Gasteiger partial charge in [-0.1, -0.05) is 31.6 Å². The third-order valence-electron chi connectivity index (χ3n) is 13.2. The van der Waals surface area contributed by atoms with Gasteiger partial charge in [-0.2, -0.15) is 0 Å². The molecule has 3 fully saturated rings. The van der Waals surface area contributed by atoms with Crippen LogP contribution in [0.1, 0.15) is 88.3 Å². The van der Waals surface area contributed by atoms with Crippen LogP contribution in [-0.4, -0.2) is 126 Å². The molecule has 1 amide bonds. The molecule has 4 N–H and O–H groups in total. The number of nitrogens with one attached hydrogen (secondary N) is 1. The third-order valence-corrected chi connectivity index (χ3v) is 14.1. The number of carbonyl (C=O) groups is 6. The zero-order valence-electron chi connectivity index (χ0n) is 36.8. The number of thiophene rings is 1. The van der Waals surface area contributed by atoms with Crippen molar-refractivity contribution in [2.75, 3.05) is 20.8 Å². The summed E-state index contributed by atoms with van der Waals surface area (Å²) in [6, 6.07) is 6.30. The second-order valence-electron chi connectivity index (χ2n) is 17.5. The summed E-state index contributed by atoms with van der Waals surface area (Å²) in [5.41, 5.74) is -7.50. The van der Waals surface area contributed by atoms with Crippen molar-refractivity contribution in [3.8, 4) is 11.5 Å². The van der Waals surface area contributed by atoms with Gasteiger partial charge in [-0.15, -0.1) is 11.3 Å². The van der Waals surface area contributed by atoms with Crippen LogP contribution in [0.15, 0.2) is 58.5 Å². The van der Waals surface area contributed by atoms with Crippen LogP contribution in [0.2, 0.25) is 0 Å². The molecule has 63 heavy (non-hydrogen) atoms. The Morgan fingerprint density at radius 3 is 2.24 bits per heavy atom. The molecular weight excluding hydrogens is 843 g/mol. The first-order valence-corrected chi connectivity index (χ1v) is 21.3. The number of benzene rings is 1. The van der Waals surface area contributed by atoms with Gasteiger partial charge in [-0.05, 0) is 68.5 Å². The largest absolute Gasteiger partial charge is 0.497 e. The second kappa shape index (κ2) is 17.4. The molecular formula is C45H55NO16S. The van der Waals surface area contributed by atoms with Gasteiger partial charge in [0.05, 0.1) is 49.2 Å². The van der Waals surface area contributed by atoms with E-state index in [1.165, 1.54) is 60.1 Å². The number of aliphatic hydroxyl groups is 3. The molecule has 0 radical (unpaired) electrons. The molecule has 1 aromatic heterocycles. The van der Waals surface area contributed by atoms with E-state index in [9.17, 15) is 39.3 Å². The first kappa shape index (κ1) is 47.3. The predicted molar refractivity (Wildman–Crippen MR) is 223 cm³/mol. The van der Waals surface area contributed by atoms with Crippen LogP contribution in [0.4, 0.5) is 0 Å². The normalized spacial score (nSPS) is 31.5. The monoisotopic (exact) mass is 897 g/mol. The number of fused-ring (bicyclic) bond motifs is 5. The number of ketones is 1. The number of Topliss-reactive ketones (excluding diaryl/α,β-unsaturated/α-hetero) is 1. The van der Waals surface area contributed by atoms with E-state index in [2.05, 4.69) is 5.32 Å². The average molecular weight is 898 g/mol. The molecule has 6 rings (SSSR count). The summed E-state index contributed by atoms with van der Waals surface area (Å²) in [6.07, 6.45) is -9.30. The fraction of sp³-hybridized carbons (Fsp3) is 0.556. The topological polar surface area (TPSA) is 240 Å². The molecule has 2 bridgehead atoms. The van der Waals surface area contributed by atoms with Crippen molar-refractivity contribution in [3.05, 3.63) is 68.9 Å². The van der Waals surface area contributed by atoms with E-state index in [0.717, 1.165) is 25.2 Å². The van der Waals surface area contributed by atoms with E-state index in [4.69, 9.17) is 33.2 Å². The van der Waals surface area contributed by atoms with Gasteiger partial charge in [0.15, 0.2) is 23.6 Å². The van der Waals surface area contributed by atoms with Crippen molar-refractivity contribution in [2.45, 2.75) is 122 Å². The Balaban J connectivity index is 1.57. The Labute approximate surface area is 368 Å². The number of carbonyl (C=O) groups excluding carboxylic acids is 6. The molecule has 11 atom stereocenters. The molecule has 1 aliphatic heterocycles. The number of aliphatic hydroxyl groups excluding tert-OH is 2. The lowest BCUT2D eigenvalue weighted by molar-refractivity contribution is -0.346. The number of amides is 1. The predicted octanol–water partition coefficient (Wildman–Crippen LogP) is 3.41. The highest BCUT2D eigenvalue weighted by atomic mass is 32.1. The highest BCUT2D eigenvalue weighted by Gasteiger charge is 2.78. The van der Waals surface area contributed by atoms with E-state index in [-0.39, 0.29) is 41.2 Å². The Hall–Kier alpha value is -5.14. The lowest BCUT2D eigenvalue weighted by Crippen LogP contribution is -2.82. The summed E-state index contributed by atoms with van der Waals surface area (Å²) in [7, 11) is 2.70. The van der Waals surface area contributed by atoms with E-state index >= 15 is 4.79 Å². The number of ether oxygens (including phenoxy) is 7. The molecule has 1 saturated heterocycles. The van der Waals surface area contributed by atoms with Crippen LogP contribution < -0.4 is 14.8 Å². The summed E-state index contributed by atoms with van der Waals surface area (Å²) >= 11 is 1.15. The molecule has 2 saturated carbocycles. The molecule has 0 unspecified atom stereocenters. The van der Waals surface area contributed by atoms with Crippen LogP contribution in [0.3, 0.4) is 0 Å². The minimum Gasteiger partial charge on any atom is -0.497 e. The van der Waals surface area contributed by atoms with Crippen molar-refractivity contribution in [1.29, 1.82) is 0 Å². The standard InChI is InChI=1S/C45H55NO16S/c1-21(2)16-27(46-39(52)30-12-11-15-63-30)34(50)41(54)60-29-19-45(55)38(61-40(53)26-17-25(56-9)13-14-28(26)57-10)36-43(8,31(49)18-32-44(36,20-58-32)62-24(5)48)37(51)35(59-23(4)47)33(22(29)3)42(45,6)7/h11-17,27,29,31-32,34-36,38,49-50,55H,18-20H2,1-10H3,(H,46,52)/t27-,29-,31-,32+,34+,35+,36-,38-,43+,44-,45+/m0/s1. The minimum absolute atomic E-state index is 0.0315. The fourth-order valence-corrected chi connectivity index (χ4v) is 10.6. The van der Waals surface area contributed by atoms with Gasteiger partial charge < -0.3 is 53.8 Å². The minimum atomic E-state index is -2.46. The Morgan fingerprint density at radius 2 is 1.68 bits per heavy atom. The van der Waals surface area contributed by atoms with Gasteiger partial charge in [0.25, 0.3) is 5.91 Å². The Kier molecular flexibility index (Phi) is 13.1. The van der Waals surface area contributed by atoms with E-state index in [0.29, 0.717) is 10.5 Å². The van der Waals surface area contributed by atoms with Gasteiger partial charge in [-0.3, -0.25) is 19.2 Å². The van der Waals surface area contributed by atoms with Crippen molar-refractivity contribution < 1.29 is 77.2 Å². The number of methoxy groups -OCH3 is 2. The lowest BCUT2D eigenvalue weighted by atomic mass is 9.44. The maximum Gasteiger partial charge on any atom is 0.342 e. The van der Waals surface area contributed by atoms with Gasteiger partial charge in [0.2, 0.25) is 0 Å². The number of hydrogen-bond acceptors (Lipinski definition) is 17. The molecule has 3 aliphatic carbocycles. The average Bonchev–Trinajstić information content (AvgIpc) is 3.76. The number of esters is 4. The van der Waals surface area contributed by atoms with Crippen LogP contribution in [0.25, 0.3) is 0 Å². The Bertz CT molecular complexity index is 2230. The maximum absolute atomic E-state index is 15.6. The van der Waals surface area contributed by atoms with E-state index in [1.807, 2.05) is 0 Å². The number of rotatable bonds is 12. The van der Waals surface area contributed by atoms with Crippen LogP contribution in [0, 0.1) is 16.7 Å². The molecule has 4 aliphatic rings. The van der Waals surface area contributed by atoms with Crippen LogP contribution in [0.5, 0.6) is 11.5 Å². The molecule has 1 aromatic carbocycles. The first-order valence-electron chi connectivity index (χ1n) is 20.4. The highest BCUT2D eigenvalue weighted by molar-refractivity contribution is 7.12. The van der Waals surface area contributed by atoms with Gasteiger partial charge >= 0.3 is 23.9 Å². The summed E-state index contributed by atoms with van der Waals surface area (Å²) in [4.78, 5) is 83.9. The van der Waals surface area contributed by atoms with E-state index in [1.54, 1.807) is 37.4 Å². The molecule has 2 heterocycles. The summed E-state index contributed by atoms with van der Waals surface area (Å²) in [5.74, 6) is -6.82. The molecule has 0 spiro atoms.